The highest BCUT2D eigenvalue weighted by atomic mass is 16.5. The molecule has 0 saturated heterocycles. The summed E-state index contributed by atoms with van der Waals surface area (Å²) >= 11 is 0. The Kier molecular flexibility index (Phi) is 8.87. The van der Waals surface area contributed by atoms with Crippen molar-refractivity contribution in [3.63, 3.8) is 0 Å². The lowest BCUT2D eigenvalue weighted by Crippen LogP contribution is -2.45. The molecule has 0 aliphatic heterocycles. The van der Waals surface area contributed by atoms with Crippen LogP contribution < -0.4 is 21.1 Å². The molecular weight excluding hydrogens is 450 g/mol. The number of ether oxygens (including phenoxy) is 1. The maximum Gasteiger partial charge on any atom is 0.255 e. The number of nitrogen functional groups attached to an aromatic ring is 1. The van der Waals surface area contributed by atoms with Crippen molar-refractivity contribution in [2.75, 3.05) is 18.9 Å². The van der Waals surface area contributed by atoms with E-state index in [1.54, 1.807) is 18.2 Å². The molecule has 3 rings (SSSR count). The predicted molar refractivity (Wildman–Crippen MR) is 134 cm³/mol. The third-order valence-electron chi connectivity index (χ3n) is 6.04. The standard InChI is InChI=1S/C26H35N3O6/c1-14(2)35-24-10-7-16(11-20(24)27)26(34)29-15(3)17-5-4-6-19-18(17)8-9-21(19)28-12-22(31)25(33)23(32)13-30/h4-7,10-11,14,21-23,25,28,30-33H,3,8-9,12-13,27H2,1-2H3,(H,29,34)/t21-,22+,23+,25-/m0/s1. The minimum absolute atomic E-state index is 0.0317. The van der Waals surface area contributed by atoms with Crippen molar-refractivity contribution in [1.82, 2.24) is 10.6 Å². The third-order valence-corrected chi connectivity index (χ3v) is 6.04. The molecule has 0 saturated carbocycles. The highest BCUT2D eigenvalue weighted by Crippen LogP contribution is 2.35. The smallest absolute Gasteiger partial charge is 0.255 e. The monoisotopic (exact) mass is 485 g/mol. The van der Waals surface area contributed by atoms with Crippen molar-refractivity contribution in [1.29, 1.82) is 0 Å². The molecule has 0 aromatic heterocycles. The summed E-state index contributed by atoms with van der Waals surface area (Å²) in [7, 11) is 0. The van der Waals surface area contributed by atoms with Crippen LogP contribution in [0.25, 0.3) is 5.70 Å². The van der Waals surface area contributed by atoms with Gasteiger partial charge >= 0.3 is 0 Å². The van der Waals surface area contributed by atoms with Crippen LogP contribution in [0.15, 0.2) is 43.0 Å². The van der Waals surface area contributed by atoms with Gasteiger partial charge in [-0.3, -0.25) is 4.79 Å². The number of carbonyl (C=O) groups excluding carboxylic acids is 1. The second-order valence-electron chi connectivity index (χ2n) is 9.03. The summed E-state index contributed by atoms with van der Waals surface area (Å²) in [6.07, 6.45) is -2.62. The molecule has 9 nitrogen and oxygen atoms in total. The maximum atomic E-state index is 12.8. The highest BCUT2D eigenvalue weighted by molar-refractivity contribution is 6.00. The Labute approximate surface area is 205 Å². The van der Waals surface area contributed by atoms with E-state index in [9.17, 15) is 20.1 Å². The molecule has 8 N–H and O–H groups in total. The summed E-state index contributed by atoms with van der Waals surface area (Å²) in [6.45, 7) is 7.27. The zero-order chi connectivity index (χ0) is 25.7. The summed E-state index contributed by atoms with van der Waals surface area (Å²) in [5.41, 5.74) is 10.2. The summed E-state index contributed by atoms with van der Waals surface area (Å²) in [5.74, 6) is 0.195. The van der Waals surface area contributed by atoms with Gasteiger partial charge in [0.2, 0.25) is 0 Å². The molecule has 190 valence electrons. The molecule has 0 radical (unpaired) electrons. The van der Waals surface area contributed by atoms with Gasteiger partial charge in [0.15, 0.2) is 0 Å². The van der Waals surface area contributed by atoms with E-state index in [-0.39, 0.29) is 24.6 Å². The molecule has 0 fully saturated rings. The lowest BCUT2D eigenvalue weighted by molar-refractivity contribution is -0.0755. The predicted octanol–water partition coefficient (Wildman–Crippen LogP) is 1.11. The maximum absolute atomic E-state index is 12.8. The number of nitrogens with two attached hydrogens (primary N) is 1. The van der Waals surface area contributed by atoms with Crippen molar-refractivity contribution < 1.29 is 30.0 Å². The van der Waals surface area contributed by atoms with Gasteiger partial charge in [0.05, 0.1) is 24.5 Å². The zero-order valence-electron chi connectivity index (χ0n) is 20.1. The van der Waals surface area contributed by atoms with Crippen LogP contribution in [-0.2, 0) is 6.42 Å². The number of fused-ring (bicyclic) bond motifs is 1. The topological polar surface area (TPSA) is 157 Å². The SMILES string of the molecule is C=C(NC(=O)c1ccc(OC(C)C)c(N)c1)c1cccc2c1CC[C@@H]2NC[C@@H](O)[C@H](O)[C@H](O)CO. The van der Waals surface area contributed by atoms with Gasteiger partial charge in [-0.2, -0.15) is 0 Å². The summed E-state index contributed by atoms with van der Waals surface area (Å²) in [5, 5.41) is 44.5. The number of benzene rings is 2. The van der Waals surface area contributed by atoms with Crippen LogP contribution in [0.2, 0.25) is 0 Å². The van der Waals surface area contributed by atoms with E-state index in [2.05, 4.69) is 17.2 Å². The number of anilines is 1. The molecule has 2 aromatic rings. The molecule has 1 aliphatic rings. The number of rotatable bonds is 11. The van der Waals surface area contributed by atoms with E-state index in [0.717, 1.165) is 29.5 Å². The lowest BCUT2D eigenvalue weighted by atomic mass is 10.00. The van der Waals surface area contributed by atoms with Gasteiger partial charge in [0.25, 0.3) is 5.91 Å². The van der Waals surface area contributed by atoms with Crippen LogP contribution in [-0.4, -0.2) is 63.9 Å². The van der Waals surface area contributed by atoms with E-state index in [0.29, 0.717) is 22.7 Å². The van der Waals surface area contributed by atoms with E-state index < -0.39 is 24.9 Å². The Bertz CT molecular complexity index is 1060. The van der Waals surface area contributed by atoms with Gasteiger partial charge in [-0.1, -0.05) is 24.8 Å². The molecule has 0 spiro atoms. The molecule has 2 aromatic carbocycles. The fourth-order valence-electron chi connectivity index (χ4n) is 4.22. The molecular formula is C26H35N3O6. The number of carbonyl (C=O) groups is 1. The Hall–Kier alpha value is -2.95. The van der Waals surface area contributed by atoms with Crippen LogP contribution in [0.5, 0.6) is 5.75 Å². The first-order valence-corrected chi connectivity index (χ1v) is 11.7. The number of aliphatic hydroxyl groups excluding tert-OH is 4. The third kappa shape index (κ3) is 6.39. The van der Waals surface area contributed by atoms with Crippen molar-refractivity contribution in [3.8, 4) is 5.75 Å². The quantitative estimate of drug-likeness (QED) is 0.233. The van der Waals surface area contributed by atoms with Crippen molar-refractivity contribution in [2.45, 2.75) is 57.1 Å². The molecule has 1 amide bonds. The van der Waals surface area contributed by atoms with Gasteiger partial charge in [-0.25, -0.2) is 0 Å². The molecule has 9 heteroatoms. The van der Waals surface area contributed by atoms with Gasteiger partial charge in [0, 0.05) is 29.4 Å². The second kappa shape index (κ2) is 11.7. The largest absolute Gasteiger partial charge is 0.489 e. The average Bonchev–Trinajstić information content (AvgIpc) is 3.25. The van der Waals surface area contributed by atoms with Crippen molar-refractivity contribution >= 4 is 17.3 Å². The van der Waals surface area contributed by atoms with Crippen LogP contribution in [0, 0.1) is 0 Å². The number of hydrogen-bond donors (Lipinski definition) is 7. The van der Waals surface area contributed by atoms with Crippen LogP contribution >= 0.6 is 0 Å². The van der Waals surface area contributed by atoms with Crippen LogP contribution in [0.3, 0.4) is 0 Å². The van der Waals surface area contributed by atoms with Crippen LogP contribution in [0.4, 0.5) is 5.69 Å². The molecule has 0 heterocycles. The Morgan fingerprint density at radius 2 is 1.94 bits per heavy atom. The summed E-state index contributed by atoms with van der Waals surface area (Å²) in [4.78, 5) is 12.8. The second-order valence-corrected chi connectivity index (χ2v) is 9.03. The number of aliphatic hydroxyl groups is 4. The molecule has 0 unspecified atom stereocenters. The number of hydrogen-bond acceptors (Lipinski definition) is 8. The normalized spacial score (nSPS) is 17.5. The lowest BCUT2D eigenvalue weighted by Gasteiger charge is -2.24. The van der Waals surface area contributed by atoms with Crippen molar-refractivity contribution in [2.24, 2.45) is 0 Å². The first kappa shape index (κ1) is 26.7. The van der Waals surface area contributed by atoms with Crippen molar-refractivity contribution in [3.05, 3.63) is 65.2 Å². The van der Waals surface area contributed by atoms with Crippen LogP contribution in [0.1, 0.15) is 53.4 Å². The van der Waals surface area contributed by atoms with E-state index in [1.807, 2.05) is 32.0 Å². The van der Waals surface area contributed by atoms with Gasteiger partial charge in [-0.15, -0.1) is 0 Å². The molecule has 1 aliphatic carbocycles. The van der Waals surface area contributed by atoms with E-state index >= 15 is 0 Å². The number of amides is 1. The fraction of sp³-hybridized carbons (Fsp3) is 0.423. The highest BCUT2D eigenvalue weighted by Gasteiger charge is 2.28. The van der Waals surface area contributed by atoms with Gasteiger partial charge < -0.3 is 41.5 Å². The first-order chi connectivity index (χ1) is 16.6. The Morgan fingerprint density at radius 3 is 2.60 bits per heavy atom. The minimum atomic E-state index is -1.45. The van der Waals surface area contributed by atoms with E-state index in [1.165, 1.54) is 0 Å². The van der Waals surface area contributed by atoms with Gasteiger partial charge in [-0.05, 0) is 56.0 Å². The van der Waals surface area contributed by atoms with E-state index in [4.69, 9.17) is 15.6 Å². The van der Waals surface area contributed by atoms with Gasteiger partial charge in [0.1, 0.15) is 18.0 Å². The molecule has 35 heavy (non-hydrogen) atoms. The number of nitrogens with one attached hydrogen (secondary N) is 2. The first-order valence-electron chi connectivity index (χ1n) is 11.7. The summed E-state index contributed by atoms with van der Waals surface area (Å²) in [6, 6.07) is 10.6. The minimum Gasteiger partial charge on any atom is -0.489 e. The molecule has 0 bridgehead atoms. The average molecular weight is 486 g/mol. The Balaban J connectivity index is 1.67. The summed E-state index contributed by atoms with van der Waals surface area (Å²) < 4.78 is 5.62. The zero-order valence-corrected chi connectivity index (χ0v) is 20.1. The molecule has 4 atom stereocenters. The Morgan fingerprint density at radius 1 is 1.20 bits per heavy atom. The fourth-order valence-corrected chi connectivity index (χ4v) is 4.22.